The topological polar surface area (TPSA) is 35.6 Å². The Bertz CT molecular complexity index is 992. The van der Waals surface area contributed by atoms with E-state index < -0.39 is 0 Å². The van der Waals surface area contributed by atoms with E-state index in [2.05, 4.69) is 22.2 Å². The predicted molar refractivity (Wildman–Crippen MR) is 111 cm³/mol. The Labute approximate surface area is 162 Å². The van der Waals surface area contributed by atoms with Crippen molar-refractivity contribution in [3.05, 3.63) is 58.7 Å². The van der Waals surface area contributed by atoms with E-state index in [1.54, 1.807) is 6.07 Å². The van der Waals surface area contributed by atoms with Crippen LogP contribution < -0.4 is 10.2 Å². The van der Waals surface area contributed by atoms with E-state index in [0.717, 1.165) is 42.3 Å². The number of thiophene rings is 1. The predicted octanol–water partition coefficient (Wildman–Crippen LogP) is 4.35. The summed E-state index contributed by atoms with van der Waals surface area (Å²) in [6, 6.07) is 12.8. The molecule has 2 aromatic carbocycles. The molecule has 0 bridgehead atoms. The van der Waals surface area contributed by atoms with E-state index in [-0.39, 0.29) is 11.7 Å². The van der Waals surface area contributed by atoms with Crippen LogP contribution in [0.3, 0.4) is 0 Å². The van der Waals surface area contributed by atoms with Crippen molar-refractivity contribution in [3.8, 4) is 0 Å². The van der Waals surface area contributed by atoms with Gasteiger partial charge in [0.1, 0.15) is 5.82 Å². The van der Waals surface area contributed by atoms with Gasteiger partial charge in [-0.15, -0.1) is 11.3 Å². The molecule has 1 N–H and O–H groups in total. The first-order valence-corrected chi connectivity index (χ1v) is 9.87. The molecule has 6 heteroatoms. The number of amides is 1. The normalized spacial score (nSPS) is 15.3. The second-order valence-electron chi connectivity index (χ2n) is 6.93. The van der Waals surface area contributed by atoms with Gasteiger partial charge < -0.3 is 15.1 Å². The number of hydrogen-bond donors (Lipinski definition) is 1. The van der Waals surface area contributed by atoms with Crippen molar-refractivity contribution in [2.24, 2.45) is 0 Å². The average Bonchev–Trinajstić information content (AvgIpc) is 3.01. The molecule has 2 heterocycles. The quantitative estimate of drug-likeness (QED) is 0.730. The largest absolute Gasteiger partial charge is 0.367 e. The first-order chi connectivity index (χ1) is 13.0. The molecule has 0 saturated carbocycles. The fourth-order valence-corrected chi connectivity index (χ4v) is 4.67. The Hall–Kier alpha value is -2.44. The number of nitrogens with zero attached hydrogens (tertiary/aromatic N) is 2. The zero-order chi connectivity index (χ0) is 19.0. The Morgan fingerprint density at radius 2 is 1.81 bits per heavy atom. The summed E-state index contributed by atoms with van der Waals surface area (Å²) in [5, 5.41) is 3.59. The number of benzene rings is 2. The van der Waals surface area contributed by atoms with Gasteiger partial charge >= 0.3 is 0 Å². The average molecular weight is 383 g/mol. The third kappa shape index (κ3) is 3.42. The van der Waals surface area contributed by atoms with Gasteiger partial charge in [0, 0.05) is 36.3 Å². The molecule has 0 unspecified atom stereocenters. The zero-order valence-corrected chi connectivity index (χ0v) is 16.3. The van der Waals surface area contributed by atoms with Crippen LogP contribution in [0.1, 0.15) is 15.2 Å². The molecule has 4 rings (SSSR count). The van der Waals surface area contributed by atoms with Gasteiger partial charge in [-0.1, -0.05) is 18.2 Å². The minimum Gasteiger partial charge on any atom is -0.367 e. The van der Waals surface area contributed by atoms with Crippen LogP contribution in [0.5, 0.6) is 0 Å². The molecule has 4 nitrogen and oxygen atoms in total. The first-order valence-electron chi connectivity index (χ1n) is 9.06. The van der Waals surface area contributed by atoms with E-state index in [4.69, 9.17) is 0 Å². The molecular formula is C21H22FN3OS. The highest BCUT2D eigenvalue weighted by Crippen LogP contribution is 2.34. The van der Waals surface area contributed by atoms with Gasteiger partial charge in [-0.25, -0.2) is 4.39 Å². The smallest absolute Gasteiger partial charge is 0.266 e. The second kappa shape index (κ2) is 7.29. The molecule has 0 radical (unpaired) electrons. The Balaban J connectivity index is 1.63. The summed E-state index contributed by atoms with van der Waals surface area (Å²) in [6.45, 7) is 5.66. The number of anilines is 2. The summed E-state index contributed by atoms with van der Waals surface area (Å²) in [4.78, 5) is 18.1. The number of likely N-dealkylation sites (N-methyl/N-ethyl adjacent to an activating group) is 1. The van der Waals surface area contributed by atoms with E-state index in [1.807, 2.05) is 37.3 Å². The molecule has 1 amide bonds. The fourth-order valence-electron chi connectivity index (χ4n) is 3.55. The van der Waals surface area contributed by atoms with Crippen molar-refractivity contribution in [1.82, 2.24) is 4.90 Å². The van der Waals surface area contributed by atoms with E-state index in [0.29, 0.717) is 15.8 Å². The summed E-state index contributed by atoms with van der Waals surface area (Å²) in [5.74, 6) is -0.465. The summed E-state index contributed by atoms with van der Waals surface area (Å²) < 4.78 is 14.9. The molecule has 3 aromatic rings. The van der Waals surface area contributed by atoms with Gasteiger partial charge in [0.15, 0.2) is 0 Å². The molecule has 1 aliphatic heterocycles. The maximum Gasteiger partial charge on any atom is 0.266 e. The Morgan fingerprint density at radius 3 is 2.56 bits per heavy atom. The minimum absolute atomic E-state index is 0.185. The lowest BCUT2D eigenvalue weighted by Crippen LogP contribution is -2.44. The molecule has 0 spiro atoms. The molecule has 1 saturated heterocycles. The van der Waals surface area contributed by atoms with Crippen LogP contribution in [0.4, 0.5) is 15.8 Å². The van der Waals surface area contributed by atoms with Crippen LogP contribution in [-0.2, 0) is 0 Å². The van der Waals surface area contributed by atoms with Crippen LogP contribution in [-0.4, -0.2) is 44.0 Å². The molecule has 1 aromatic heterocycles. The summed E-state index contributed by atoms with van der Waals surface area (Å²) in [7, 11) is 2.12. The maximum absolute atomic E-state index is 14.2. The second-order valence-corrected chi connectivity index (χ2v) is 7.98. The van der Waals surface area contributed by atoms with Gasteiger partial charge in [-0.2, -0.15) is 0 Å². The number of para-hydroxylation sites is 2. The SMILES string of the molecule is Cc1c(C(=O)Nc2ccccc2N2CCN(C)CC2)sc2cccc(F)c12. The van der Waals surface area contributed by atoms with Crippen molar-refractivity contribution in [2.75, 3.05) is 43.4 Å². The standard InChI is InChI=1S/C21H22FN3OS/c1-14-19-15(22)6-5-9-18(19)27-20(14)21(26)23-16-7-3-4-8-17(16)25-12-10-24(2)11-13-25/h3-9H,10-13H2,1-2H3,(H,23,26). The highest BCUT2D eigenvalue weighted by molar-refractivity contribution is 7.21. The number of carbonyl (C=O) groups excluding carboxylic acids is 1. The van der Waals surface area contributed by atoms with Crippen LogP contribution in [0, 0.1) is 12.7 Å². The minimum atomic E-state index is -0.280. The van der Waals surface area contributed by atoms with Crippen molar-refractivity contribution in [1.29, 1.82) is 0 Å². The highest BCUT2D eigenvalue weighted by Gasteiger charge is 2.21. The number of nitrogens with one attached hydrogen (secondary N) is 1. The number of carbonyl (C=O) groups is 1. The molecule has 27 heavy (non-hydrogen) atoms. The summed E-state index contributed by atoms with van der Waals surface area (Å²) in [6.07, 6.45) is 0. The van der Waals surface area contributed by atoms with Crippen molar-refractivity contribution in [2.45, 2.75) is 6.92 Å². The lowest BCUT2D eigenvalue weighted by molar-refractivity contribution is 0.103. The molecule has 140 valence electrons. The van der Waals surface area contributed by atoms with Crippen molar-refractivity contribution >= 4 is 38.7 Å². The van der Waals surface area contributed by atoms with Crippen LogP contribution in [0.15, 0.2) is 42.5 Å². The molecule has 1 fully saturated rings. The number of fused-ring (bicyclic) bond motifs is 1. The number of aryl methyl sites for hydroxylation is 1. The van der Waals surface area contributed by atoms with E-state index >= 15 is 0 Å². The lowest BCUT2D eigenvalue weighted by atomic mass is 10.1. The number of halogens is 1. The van der Waals surface area contributed by atoms with E-state index in [9.17, 15) is 9.18 Å². The molecule has 0 aliphatic carbocycles. The zero-order valence-electron chi connectivity index (χ0n) is 15.5. The van der Waals surface area contributed by atoms with Gasteiger partial charge in [0.2, 0.25) is 0 Å². The number of hydrogen-bond acceptors (Lipinski definition) is 4. The molecular weight excluding hydrogens is 361 g/mol. The van der Waals surface area contributed by atoms with Crippen LogP contribution >= 0.6 is 11.3 Å². The maximum atomic E-state index is 14.2. The monoisotopic (exact) mass is 383 g/mol. The van der Waals surface area contributed by atoms with Gasteiger partial charge in [-0.05, 0) is 43.8 Å². The van der Waals surface area contributed by atoms with Gasteiger partial charge in [0.25, 0.3) is 5.91 Å². The van der Waals surface area contributed by atoms with Crippen LogP contribution in [0.25, 0.3) is 10.1 Å². The third-order valence-electron chi connectivity index (χ3n) is 5.11. The van der Waals surface area contributed by atoms with Crippen molar-refractivity contribution in [3.63, 3.8) is 0 Å². The molecule has 1 aliphatic rings. The summed E-state index contributed by atoms with van der Waals surface area (Å²) >= 11 is 1.33. The Kier molecular flexibility index (Phi) is 4.85. The number of rotatable bonds is 3. The van der Waals surface area contributed by atoms with E-state index in [1.165, 1.54) is 17.4 Å². The number of piperazine rings is 1. The third-order valence-corrected chi connectivity index (χ3v) is 6.36. The van der Waals surface area contributed by atoms with Crippen LogP contribution in [0.2, 0.25) is 0 Å². The molecule has 0 atom stereocenters. The first kappa shape index (κ1) is 17.9. The Morgan fingerprint density at radius 1 is 1.07 bits per heavy atom. The van der Waals surface area contributed by atoms with Gasteiger partial charge in [0.05, 0.1) is 16.3 Å². The summed E-state index contributed by atoms with van der Waals surface area (Å²) in [5.41, 5.74) is 2.52. The van der Waals surface area contributed by atoms with Gasteiger partial charge in [-0.3, -0.25) is 4.79 Å². The highest BCUT2D eigenvalue weighted by atomic mass is 32.1. The lowest BCUT2D eigenvalue weighted by Gasteiger charge is -2.35. The fraction of sp³-hybridized carbons (Fsp3) is 0.286. The van der Waals surface area contributed by atoms with Crippen molar-refractivity contribution < 1.29 is 9.18 Å².